The molecule has 1 aromatic carbocycles. The van der Waals surface area contributed by atoms with E-state index in [-0.39, 0.29) is 11.2 Å². The molecule has 0 bridgehead atoms. The van der Waals surface area contributed by atoms with E-state index in [2.05, 4.69) is 22.1 Å². The van der Waals surface area contributed by atoms with E-state index < -0.39 is 0 Å². The van der Waals surface area contributed by atoms with E-state index in [9.17, 15) is 4.79 Å². The Balaban J connectivity index is 1.72. The number of nitrogens with one attached hydrogen (secondary N) is 1. The van der Waals surface area contributed by atoms with Crippen LogP contribution in [0.5, 0.6) is 11.5 Å². The van der Waals surface area contributed by atoms with Gasteiger partial charge in [0.25, 0.3) is 0 Å². The molecule has 1 aliphatic rings. The molecule has 1 unspecified atom stereocenters. The highest BCUT2D eigenvalue weighted by Gasteiger charge is 2.31. The number of ether oxygens (including phenoxy) is 2. The third-order valence-electron chi connectivity index (χ3n) is 4.32. The maximum atomic E-state index is 12.7. The summed E-state index contributed by atoms with van der Waals surface area (Å²) in [6.07, 6.45) is 4.11. The number of carbonyl (C=O) groups is 1. The van der Waals surface area contributed by atoms with Gasteiger partial charge in [0.15, 0.2) is 5.16 Å². The number of benzene rings is 1. The number of allylic oxidation sites excluding steroid dienone is 1. The van der Waals surface area contributed by atoms with Gasteiger partial charge in [0.2, 0.25) is 5.91 Å². The van der Waals surface area contributed by atoms with E-state index in [0.29, 0.717) is 29.6 Å². The zero-order valence-corrected chi connectivity index (χ0v) is 16.6. The van der Waals surface area contributed by atoms with Crippen LogP contribution in [0, 0.1) is 0 Å². The van der Waals surface area contributed by atoms with Crippen LogP contribution in [-0.2, 0) is 11.3 Å². The Hall–Kier alpha value is -2.48. The number of anilines is 1. The van der Waals surface area contributed by atoms with Gasteiger partial charge < -0.3 is 19.4 Å². The zero-order chi connectivity index (χ0) is 19.4. The highest BCUT2D eigenvalue weighted by atomic mass is 32.2. The number of hydrogen-bond acceptors (Lipinski definition) is 6. The van der Waals surface area contributed by atoms with Gasteiger partial charge in [-0.2, -0.15) is 0 Å². The van der Waals surface area contributed by atoms with Crippen LogP contribution in [0.4, 0.5) is 5.69 Å². The van der Waals surface area contributed by atoms with Crippen LogP contribution < -0.4 is 14.8 Å². The molecule has 1 aliphatic carbocycles. The average molecular weight is 388 g/mol. The molecule has 8 heteroatoms. The SMILES string of the molecule is C=CCn1c(SC(C)C(=O)Nc2cc(OC)ccc2OC)nnc1C1CC1. The quantitative estimate of drug-likeness (QED) is 0.523. The van der Waals surface area contributed by atoms with E-state index in [1.165, 1.54) is 11.8 Å². The van der Waals surface area contributed by atoms with Crippen LogP contribution in [0.15, 0.2) is 36.0 Å². The summed E-state index contributed by atoms with van der Waals surface area (Å²) in [5.41, 5.74) is 0.570. The number of thioether (sulfide) groups is 1. The van der Waals surface area contributed by atoms with Crippen LogP contribution in [-0.4, -0.2) is 40.1 Å². The number of amides is 1. The van der Waals surface area contributed by atoms with E-state index >= 15 is 0 Å². The number of nitrogens with zero attached hydrogens (tertiary/aromatic N) is 3. The van der Waals surface area contributed by atoms with E-state index in [1.807, 2.05) is 17.6 Å². The summed E-state index contributed by atoms with van der Waals surface area (Å²) in [6.45, 7) is 6.29. The molecule has 1 N–H and O–H groups in total. The summed E-state index contributed by atoms with van der Waals surface area (Å²) in [5.74, 6) is 2.54. The Bertz CT molecular complexity index is 832. The van der Waals surface area contributed by atoms with Gasteiger partial charge in [-0.25, -0.2) is 0 Å². The fraction of sp³-hybridized carbons (Fsp3) is 0.421. The summed E-state index contributed by atoms with van der Waals surface area (Å²) < 4.78 is 12.6. The van der Waals surface area contributed by atoms with Gasteiger partial charge in [-0.05, 0) is 31.9 Å². The summed E-state index contributed by atoms with van der Waals surface area (Å²) in [7, 11) is 3.14. The van der Waals surface area contributed by atoms with Crippen LogP contribution in [0.25, 0.3) is 0 Å². The fourth-order valence-corrected chi connectivity index (χ4v) is 3.55. The number of carbonyl (C=O) groups excluding carboxylic acids is 1. The monoisotopic (exact) mass is 388 g/mol. The van der Waals surface area contributed by atoms with E-state index in [1.54, 1.807) is 32.4 Å². The summed E-state index contributed by atoms with van der Waals surface area (Å²) in [4.78, 5) is 12.7. The van der Waals surface area contributed by atoms with Gasteiger partial charge in [0.05, 0.1) is 25.2 Å². The number of aromatic nitrogens is 3. The standard InChI is InChI=1S/C19H24N4O3S/c1-5-10-23-17(13-6-7-13)21-22-19(23)27-12(2)18(24)20-15-11-14(25-3)8-9-16(15)26-4/h5,8-9,11-13H,1,6-7,10H2,2-4H3,(H,20,24). The summed E-state index contributed by atoms with van der Waals surface area (Å²) >= 11 is 1.38. The van der Waals surface area contributed by atoms with Gasteiger partial charge in [0.1, 0.15) is 17.3 Å². The molecular formula is C19H24N4O3S. The Labute approximate surface area is 163 Å². The molecule has 1 saturated carbocycles. The normalized spacial score (nSPS) is 14.5. The third kappa shape index (κ3) is 4.44. The Morgan fingerprint density at radius 2 is 2.19 bits per heavy atom. The van der Waals surface area contributed by atoms with Crippen LogP contribution >= 0.6 is 11.8 Å². The topological polar surface area (TPSA) is 78.3 Å². The molecule has 144 valence electrons. The molecule has 0 radical (unpaired) electrons. The molecule has 0 aliphatic heterocycles. The maximum absolute atomic E-state index is 12.7. The summed E-state index contributed by atoms with van der Waals surface area (Å²) in [6, 6.07) is 5.28. The highest BCUT2D eigenvalue weighted by Crippen LogP contribution is 2.40. The lowest BCUT2D eigenvalue weighted by molar-refractivity contribution is -0.115. The van der Waals surface area contributed by atoms with E-state index in [4.69, 9.17) is 9.47 Å². The molecule has 1 aromatic heterocycles. The van der Waals surface area contributed by atoms with Gasteiger partial charge in [-0.3, -0.25) is 4.79 Å². The first-order valence-electron chi connectivity index (χ1n) is 8.81. The van der Waals surface area contributed by atoms with Crippen molar-refractivity contribution in [3.8, 4) is 11.5 Å². The predicted octanol–water partition coefficient (Wildman–Crippen LogP) is 3.48. The molecule has 27 heavy (non-hydrogen) atoms. The first kappa shape index (κ1) is 19.3. The average Bonchev–Trinajstić information content (AvgIpc) is 3.45. The van der Waals surface area contributed by atoms with Crippen molar-refractivity contribution in [2.24, 2.45) is 0 Å². The second-order valence-corrected chi connectivity index (χ2v) is 7.64. The number of rotatable bonds is 9. The number of hydrogen-bond donors (Lipinski definition) is 1. The van der Waals surface area contributed by atoms with Crippen molar-refractivity contribution in [3.63, 3.8) is 0 Å². The van der Waals surface area contributed by atoms with Crippen molar-refractivity contribution in [2.45, 2.75) is 42.6 Å². The van der Waals surface area contributed by atoms with E-state index in [0.717, 1.165) is 23.8 Å². The smallest absolute Gasteiger partial charge is 0.237 e. The number of methoxy groups -OCH3 is 2. The lowest BCUT2D eigenvalue weighted by Gasteiger charge is -2.15. The second-order valence-electron chi connectivity index (χ2n) is 6.33. The highest BCUT2D eigenvalue weighted by molar-refractivity contribution is 8.00. The van der Waals surface area contributed by atoms with Crippen molar-refractivity contribution in [3.05, 3.63) is 36.7 Å². The Morgan fingerprint density at radius 3 is 2.81 bits per heavy atom. The van der Waals surface area contributed by atoms with Crippen LogP contribution in [0.3, 0.4) is 0 Å². The Morgan fingerprint density at radius 1 is 1.41 bits per heavy atom. The molecule has 0 saturated heterocycles. The van der Waals surface area contributed by atoms with Crippen molar-refractivity contribution in [2.75, 3.05) is 19.5 Å². The molecule has 1 amide bonds. The van der Waals surface area contributed by atoms with Gasteiger partial charge in [0, 0.05) is 18.5 Å². The molecule has 0 spiro atoms. The minimum atomic E-state index is -0.360. The van der Waals surface area contributed by atoms with Crippen molar-refractivity contribution >= 4 is 23.4 Å². The minimum absolute atomic E-state index is 0.146. The molecule has 1 atom stereocenters. The first-order chi connectivity index (χ1) is 13.1. The lowest BCUT2D eigenvalue weighted by atomic mass is 10.2. The molecule has 1 fully saturated rings. The third-order valence-corrected chi connectivity index (χ3v) is 5.40. The van der Waals surface area contributed by atoms with Gasteiger partial charge in [-0.1, -0.05) is 17.8 Å². The van der Waals surface area contributed by atoms with Crippen LogP contribution in [0.2, 0.25) is 0 Å². The lowest BCUT2D eigenvalue weighted by Crippen LogP contribution is -2.23. The maximum Gasteiger partial charge on any atom is 0.237 e. The largest absolute Gasteiger partial charge is 0.497 e. The fourth-order valence-electron chi connectivity index (χ4n) is 2.69. The molecular weight excluding hydrogens is 364 g/mol. The first-order valence-corrected chi connectivity index (χ1v) is 9.68. The molecule has 3 rings (SSSR count). The molecule has 7 nitrogen and oxygen atoms in total. The zero-order valence-electron chi connectivity index (χ0n) is 15.8. The summed E-state index contributed by atoms with van der Waals surface area (Å²) in [5, 5.41) is 11.9. The second kappa shape index (κ2) is 8.47. The predicted molar refractivity (Wildman–Crippen MR) is 106 cm³/mol. The minimum Gasteiger partial charge on any atom is -0.497 e. The van der Waals surface area contributed by atoms with Gasteiger partial charge >= 0.3 is 0 Å². The molecule has 1 heterocycles. The van der Waals surface area contributed by atoms with Crippen molar-refractivity contribution < 1.29 is 14.3 Å². The van der Waals surface area contributed by atoms with Crippen LogP contribution in [0.1, 0.15) is 31.5 Å². The van der Waals surface area contributed by atoms with Crippen molar-refractivity contribution in [1.29, 1.82) is 0 Å². The van der Waals surface area contributed by atoms with Gasteiger partial charge in [-0.15, -0.1) is 16.8 Å². The Kier molecular flexibility index (Phi) is 6.05. The van der Waals surface area contributed by atoms with Crippen molar-refractivity contribution in [1.82, 2.24) is 14.8 Å². The molecule has 2 aromatic rings.